The first-order valence-corrected chi connectivity index (χ1v) is 25.8. The number of allylic oxidation sites excluding steroid dienone is 24. The minimum Gasteiger partial charge on any atom is -0.462 e. The van der Waals surface area contributed by atoms with Gasteiger partial charge in [0.2, 0.25) is 0 Å². The summed E-state index contributed by atoms with van der Waals surface area (Å²) in [5.41, 5.74) is 0. The molecule has 0 N–H and O–H groups in total. The number of unbranched alkanes of at least 4 members (excludes halogenated alkanes) is 9. The lowest BCUT2D eigenvalue weighted by atomic mass is 10.1. The summed E-state index contributed by atoms with van der Waals surface area (Å²) in [7, 11) is 0. The van der Waals surface area contributed by atoms with Crippen LogP contribution in [-0.2, 0) is 28.6 Å². The third kappa shape index (κ3) is 50.3. The first-order chi connectivity index (χ1) is 32.5. The SMILES string of the molecule is CC/C=C\C/C=C\C/C=C\C/C=C\C/C=C\C/C=C\CCC(=O)OCC(COC(=O)CCCCCCC/C=C\C/C=C\CCCC)OC(=O)CCCC/C=C\C/C=C\C/C=C\C/C=C\CC. The van der Waals surface area contributed by atoms with Crippen molar-refractivity contribution >= 4 is 17.9 Å². The van der Waals surface area contributed by atoms with Crippen LogP contribution in [0.4, 0.5) is 0 Å². The van der Waals surface area contributed by atoms with Crippen LogP contribution in [0.2, 0.25) is 0 Å². The summed E-state index contributed by atoms with van der Waals surface area (Å²) in [4.78, 5) is 38.0. The normalized spacial score (nSPS) is 13.3. The molecule has 0 saturated heterocycles. The fourth-order valence-corrected chi connectivity index (χ4v) is 6.24. The van der Waals surface area contributed by atoms with Crippen LogP contribution in [-0.4, -0.2) is 37.2 Å². The maximum Gasteiger partial charge on any atom is 0.306 e. The molecule has 1 atom stereocenters. The lowest BCUT2D eigenvalue weighted by Crippen LogP contribution is -2.30. The number of carbonyl (C=O) groups is 3. The van der Waals surface area contributed by atoms with Gasteiger partial charge in [0.15, 0.2) is 6.10 Å². The first kappa shape index (κ1) is 61.3. The van der Waals surface area contributed by atoms with Crippen molar-refractivity contribution in [1.29, 1.82) is 0 Å². The van der Waals surface area contributed by atoms with Gasteiger partial charge < -0.3 is 14.2 Å². The Hall–Kier alpha value is -4.71. The van der Waals surface area contributed by atoms with Crippen LogP contribution in [0.15, 0.2) is 146 Å². The Morgan fingerprint density at radius 2 is 0.621 bits per heavy atom. The molecule has 0 aromatic carbocycles. The van der Waals surface area contributed by atoms with Crippen molar-refractivity contribution in [3.8, 4) is 0 Å². The van der Waals surface area contributed by atoms with Crippen LogP contribution >= 0.6 is 0 Å². The van der Waals surface area contributed by atoms with E-state index in [0.29, 0.717) is 19.3 Å². The van der Waals surface area contributed by atoms with E-state index in [0.717, 1.165) is 122 Å². The van der Waals surface area contributed by atoms with Crippen molar-refractivity contribution < 1.29 is 28.6 Å². The highest BCUT2D eigenvalue weighted by atomic mass is 16.6. The second kappa shape index (κ2) is 52.9. The minimum absolute atomic E-state index is 0.132. The summed E-state index contributed by atoms with van der Waals surface area (Å²) in [6, 6.07) is 0. The molecule has 0 saturated carbocycles. The van der Waals surface area contributed by atoms with Gasteiger partial charge in [0, 0.05) is 19.3 Å². The van der Waals surface area contributed by atoms with Gasteiger partial charge in [0.1, 0.15) is 13.2 Å². The molecule has 0 spiro atoms. The molecule has 0 aromatic rings. The van der Waals surface area contributed by atoms with Crippen molar-refractivity contribution in [2.24, 2.45) is 0 Å². The molecular weight excluding hydrogens is 817 g/mol. The highest BCUT2D eigenvalue weighted by Gasteiger charge is 2.19. The Kier molecular flexibility index (Phi) is 49.1. The van der Waals surface area contributed by atoms with E-state index in [4.69, 9.17) is 14.2 Å². The van der Waals surface area contributed by atoms with Gasteiger partial charge in [-0.2, -0.15) is 0 Å². The summed E-state index contributed by atoms with van der Waals surface area (Å²) in [5, 5.41) is 0. The number of esters is 3. The van der Waals surface area contributed by atoms with Crippen LogP contribution in [0.3, 0.4) is 0 Å². The largest absolute Gasteiger partial charge is 0.462 e. The fourth-order valence-electron chi connectivity index (χ4n) is 6.24. The average molecular weight is 909 g/mol. The molecule has 6 nitrogen and oxygen atoms in total. The molecule has 0 aliphatic heterocycles. The van der Waals surface area contributed by atoms with E-state index < -0.39 is 6.10 Å². The summed E-state index contributed by atoms with van der Waals surface area (Å²) >= 11 is 0. The van der Waals surface area contributed by atoms with Gasteiger partial charge in [-0.1, -0.05) is 199 Å². The van der Waals surface area contributed by atoms with E-state index >= 15 is 0 Å². The summed E-state index contributed by atoms with van der Waals surface area (Å²) in [6.07, 6.45) is 75.6. The molecule has 0 bridgehead atoms. The van der Waals surface area contributed by atoms with E-state index in [1.54, 1.807) is 0 Å². The summed E-state index contributed by atoms with van der Waals surface area (Å²) in [6.45, 7) is 6.23. The smallest absolute Gasteiger partial charge is 0.306 e. The van der Waals surface area contributed by atoms with Gasteiger partial charge in [-0.05, 0) is 122 Å². The first-order valence-electron chi connectivity index (χ1n) is 25.8. The Labute approximate surface area is 404 Å². The standard InChI is InChI=1S/C60H92O6/c1-4-7-10-13-16-19-22-25-28-29-30-31-33-35-38-41-44-47-50-53-59(62)65-56-57(55-64-58(61)52-49-46-43-40-37-34-27-24-21-18-15-12-9-6-3)66-60(63)54-51-48-45-42-39-36-32-26-23-20-17-14-11-8-5-2/h7-8,10-11,15-20,24-28,30-32,35,38-39,42,44,47,57H,4-6,9,12-14,21-23,29,33-34,36-37,40-41,43,45-46,48-56H2,1-3H3/b10-7-,11-8-,18-15-,19-16-,20-17-,27-24-,28-25-,31-30-,32-26-,38-35-,42-39-,47-44-. The molecule has 0 fully saturated rings. The molecule has 66 heavy (non-hydrogen) atoms. The molecule has 0 rings (SSSR count). The van der Waals surface area contributed by atoms with Crippen LogP contribution in [0, 0.1) is 0 Å². The molecular formula is C60H92O6. The molecule has 0 amide bonds. The van der Waals surface area contributed by atoms with Gasteiger partial charge in [0.25, 0.3) is 0 Å². The zero-order chi connectivity index (χ0) is 47.9. The molecule has 6 heteroatoms. The van der Waals surface area contributed by atoms with Crippen LogP contribution in [0.1, 0.15) is 194 Å². The Bertz CT molecular complexity index is 1510. The Morgan fingerprint density at radius 3 is 1.05 bits per heavy atom. The van der Waals surface area contributed by atoms with E-state index in [-0.39, 0.29) is 44.0 Å². The molecule has 1 unspecified atom stereocenters. The predicted octanol–water partition coefficient (Wildman–Crippen LogP) is 17.3. The van der Waals surface area contributed by atoms with Crippen molar-refractivity contribution in [2.45, 2.75) is 200 Å². The summed E-state index contributed by atoms with van der Waals surface area (Å²) in [5.74, 6) is -1.09. The van der Waals surface area contributed by atoms with Crippen molar-refractivity contribution in [1.82, 2.24) is 0 Å². The van der Waals surface area contributed by atoms with Crippen molar-refractivity contribution in [3.05, 3.63) is 146 Å². The molecule has 0 aromatic heterocycles. The van der Waals surface area contributed by atoms with Gasteiger partial charge in [0.05, 0.1) is 0 Å². The maximum absolute atomic E-state index is 12.8. The molecule has 368 valence electrons. The third-order valence-corrected chi connectivity index (χ3v) is 10.1. The predicted molar refractivity (Wildman–Crippen MR) is 283 cm³/mol. The number of hydrogen-bond acceptors (Lipinski definition) is 6. The third-order valence-electron chi connectivity index (χ3n) is 10.1. The Morgan fingerprint density at radius 1 is 0.318 bits per heavy atom. The average Bonchev–Trinajstić information content (AvgIpc) is 3.31. The number of rotatable bonds is 44. The Balaban J connectivity index is 4.62. The minimum atomic E-state index is -0.842. The highest BCUT2D eigenvalue weighted by Crippen LogP contribution is 2.11. The number of ether oxygens (including phenoxy) is 3. The zero-order valence-electron chi connectivity index (χ0n) is 41.9. The zero-order valence-corrected chi connectivity index (χ0v) is 41.9. The molecule has 0 heterocycles. The second-order valence-electron chi connectivity index (χ2n) is 16.3. The maximum atomic E-state index is 12.8. The van der Waals surface area contributed by atoms with Gasteiger partial charge in [-0.25, -0.2) is 0 Å². The van der Waals surface area contributed by atoms with Crippen molar-refractivity contribution in [3.63, 3.8) is 0 Å². The molecule has 0 radical (unpaired) electrons. The van der Waals surface area contributed by atoms with Crippen molar-refractivity contribution in [2.75, 3.05) is 13.2 Å². The number of hydrogen-bond donors (Lipinski definition) is 0. The van der Waals surface area contributed by atoms with E-state index in [9.17, 15) is 14.4 Å². The highest BCUT2D eigenvalue weighted by molar-refractivity contribution is 5.71. The van der Waals surface area contributed by atoms with Crippen LogP contribution in [0.5, 0.6) is 0 Å². The lowest BCUT2D eigenvalue weighted by Gasteiger charge is -2.18. The van der Waals surface area contributed by atoms with Gasteiger partial charge in [-0.3, -0.25) is 14.4 Å². The van der Waals surface area contributed by atoms with Crippen LogP contribution in [0.25, 0.3) is 0 Å². The van der Waals surface area contributed by atoms with E-state index in [1.807, 2.05) is 12.2 Å². The van der Waals surface area contributed by atoms with Gasteiger partial charge in [-0.15, -0.1) is 0 Å². The number of carbonyl (C=O) groups excluding carboxylic acids is 3. The molecule has 0 aliphatic rings. The molecule has 0 aliphatic carbocycles. The van der Waals surface area contributed by atoms with Gasteiger partial charge >= 0.3 is 17.9 Å². The second-order valence-corrected chi connectivity index (χ2v) is 16.3. The lowest BCUT2D eigenvalue weighted by molar-refractivity contribution is -0.166. The monoisotopic (exact) mass is 909 g/mol. The van der Waals surface area contributed by atoms with Crippen LogP contribution < -0.4 is 0 Å². The van der Waals surface area contributed by atoms with E-state index in [2.05, 4.69) is 154 Å². The topological polar surface area (TPSA) is 78.9 Å². The quantitative estimate of drug-likeness (QED) is 0.0262. The summed E-state index contributed by atoms with van der Waals surface area (Å²) < 4.78 is 16.7. The fraction of sp³-hybridized carbons (Fsp3) is 0.550. The van der Waals surface area contributed by atoms with E-state index in [1.165, 1.54) is 19.3 Å².